The number of ether oxygens (including phenoxy) is 1. The van der Waals surface area contributed by atoms with Crippen LogP contribution in [0.2, 0.25) is 0 Å². The first-order chi connectivity index (χ1) is 10.7. The summed E-state index contributed by atoms with van der Waals surface area (Å²) in [6.45, 7) is 2.00. The number of amides is 1. The van der Waals surface area contributed by atoms with Gasteiger partial charge >= 0.3 is 0 Å². The quantitative estimate of drug-likeness (QED) is 0.870. The molecule has 1 fully saturated rings. The van der Waals surface area contributed by atoms with Crippen LogP contribution in [-0.2, 0) is 16.1 Å². The van der Waals surface area contributed by atoms with Gasteiger partial charge in [0.2, 0.25) is 5.91 Å². The van der Waals surface area contributed by atoms with Crippen LogP contribution in [0.1, 0.15) is 18.4 Å². The van der Waals surface area contributed by atoms with Crippen molar-refractivity contribution >= 4 is 5.91 Å². The second-order valence-corrected chi connectivity index (χ2v) is 5.70. The highest BCUT2D eigenvalue weighted by molar-refractivity contribution is 5.78. The molecule has 2 heterocycles. The summed E-state index contributed by atoms with van der Waals surface area (Å²) < 4.78 is 7.15. The molecular formula is C17H21N3O2. The second-order valence-electron chi connectivity index (χ2n) is 5.70. The SMILES string of the molecule is CN(Cc1cccc(-n2cccn2)c1)C(=O)C1CCOCC1. The number of benzene rings is 1. The molecule has 1 aromatic carbocycles. The molecule has 0 bridgehead atoms. The molecule has 3 rings (SSSR count). The van der Waals surface area contributed by atoms with Crippen LogP contribution in [0.5, 0.6) is 0 Å². The first-order valence-electron chi connectivity index (χ1n) is 7.66. The van der Waals surface area contributed by atoms with E-state index < -0.39 is 0 Å². The van der Waals surface area contributed by atoms with E-state index in [2.05, 4.69) is 11.2 Å². The van der Waals surface area contributed by atoms with Crippen LogP contribution in [0.15, 0.2) is 42.7 Å². The Bertz CT molecular complexity index is 619. The van der Waals surface area contributed by atoms with Crippen molar-refractivity contribution in [3.8, 4) is 5.69 Å². The minimum absolute atomic E-state index is 0.105. The van der Waals surface area contributed by atoms with Crippen molar-refractivity contribution in [2.24, 2.45) is 5.92 Å². The largest absolute Gasteiger partial charge is 0.381 e. The van der Waals surface area contributed by atoms with Crippen LogP contribution in [0.4, 0.5) is 0 Å². The van der Waals surface area contributed by atoms with Gasteiger partial charge in [0.25, 0.3) is 0 Å². The Morgan fingerprint density at radius 1 is 1.36 bits per heavy atom. The predicted octanol–water partition coefficient (Wildman–Crippen LogP) is 2.26. The fourth-order valence-electron chi connectivity index (χ4n) is 2.83. The van der Waals surface area contributed by atoms with Gasteiger partial charge < -0.3 is 9.64 Å². The topological polar surface area (TPSA) is 47.4 Å². The fourth-order valence-corrected chi connectivity index (χ4v) is 2.83. The first-order valence-corrected chi connectivity index (χ1v) is 7.66. The van der Waals surface area contributed by atoms with Gasteiger partial charge in [-0.1, -0.05) is 12.1 Å². The molecule has 1 aromatic heterocycles. The summed E-state index contributed by atoms with van der Waals surface area (Å²) in [5.41, 5.74) is 2.12. The Balaban J connectivity index is 1.67. The molecule has 0 radical (unpaired) electrons. The first kappa shape index (κ1) is 14.8. The van der Waals surface area contributed by atoms with Crippen LogP contribution in [0.3, 0.4) is 0 Å². The maximum Gasteiger partial charge on any atom is 0.225 e. The summed E-state index contributed by atoms with van der Waals surface area (Å²) in [6, 6.07) is 10.0. The van der Waals surface area contributed by atoms with Crippen molar-refractivity contribution in [1.82, 2.24) is 14.7 Å². The van der Waals surface area contributed by atoms with E-state index in [1.165, 1.54) is 0 Å². The van der Waals surface area contributed by atoms with Gasteiger partial charge in [0.05, 0.1) is 5.69 Å². The fraction of sp³-hybridized carbons (Fsp3) is 0.412. The average molecular weight is 299 g/mol. The summed E-state index contributed by atoms with van der Waals surface area (Å²) >= 11 is 0. The lowest BCUT2D eigenvalue weighted by molar-refractivity contribution is -0.137. The third-order valence-electron chi connectivity index (χ3n) is 4.05. The number of rotatable bonds is 4. The molecule has 1 aliphatic rings. The zero-order valence-electron chi connectivity index (χ0n) is 12.8. The summed E-state index contributed by atoms with van der Waals surface area (Å²) in [5, 5.41) is 4.24. The zero-order chi connectivity index (χ0) is 15.4. The Kier molecular flexibility index (Phi) is 4.53. The monoisotopic (exact) mass is 299 g/mol. The molecule has 1 amide bonds. The standard InChI is InChI=1S/C17H21N3O2/c1-19(17(21)15-6-10-22-11-7-15)13-14-4-2-5-16(12-14)20-9-3-8-18-20/h2-5,8-9,12,15H,6-7,10-11,13H2,1H3. The smallest absolute Gasteiger partial charge is 0.225 e. The van der Waals surface area contributed by atoms with Crippen molar-refractivity contribution in [3.05, 3.63) is 48.3 Å². The lowest BCUT2D eigenvalue weighted by Crippen LogP contribution is -2.35. The zero-order valence-corrected chi connectivity index (χ0v) is 12.8. The van der Waals surface area contributed by atoms with Gasteiger partial charge in [-0.25, -0.2) is 4.68 Å². The van der Waals surface area contributed by atoms with E-state index in [1.807, 2.05) is 47.1 Å². The van der Waals surface area contributed by atoms with Gasteiger partial charge in [0.15, 0.2) is 0 Å². The highest BCUT2D eigenvalue weighted by atomic mass is 16.5. The van der Waals surface area contributed by atoms with Crippen LogP contribution < -0.4 is 0 Å². The number of nitrogens with zero attached hydrogens (tertiary/aromatic N) is 3. The third-order valence-corrected chi connectivity index (χ3v) is 4.05. The normalized spacial score (nSPS) is 15.7. The molecule has 5 heteroatoms. The van der Waals surface area contributed by atoms with Crippen molar-refractivity contribution in [2.45, 2.75) is 19.4 Å². The number of hydrogen-bond donors (Lipinski definition) is 0. The van der Waals surface area contributed by atoms with Gasteiger partial charge in [0.1, 0.15) is 0 Å². The maximum atomic E-state index is 12.5. The molecular weight excluding hydrogens is 278 g/mol. The number of aromatic nitrogens is 2. The van der Waals surface area contributed by atoms with E-state index >= 15 is 0 Å². The van der Waals surface area contributed by atoms with Crippen LogP contribution in [-0.4, -0.2) is 40.8 Å². The Morgan fingerprint density at radius 2 is 2.18 bits per heavy atom. The highest BCUT2D eigenvalue weighted by Crippen LogP contribution is 2.19. The Morgan fingerprint density at radius 3 is 2.91 bits per heavy atom. The van der Waals surface area contributed by atoms with Gasteiger partial charge in [-0.05, 0) is 36.6 Å². The van der Waals surface area contributed by atoms with E-state index in [0.29, 0.717) is 19.8 Å². The van der Waals surface area contributed by atoms with Crippen LogP contribution in [0.25, 0.3) is 5.69 Å². The Hall–Kier alpha value is -2.14. The van der Waals surface area contributed by atoms with Crippen molar-refractivity contribution in [1.29, 1.82) is 0 Å². The minimum atomic E-state index is 0.105. The molecule has 116 valence electrons. The minimum Gasteiger partial charge on any atom is -0.381 e. The van der Waals surface area contributed by atoms with E-state index in [9.17, 15) is 4.79 Å². The third kappa shape index (κ3) is 3.36. The predicted molar refractivity (Wildman–Crippen MR) is 83.6 cm³/mol. The molecule has 22 heavy (non-hydrogen) atoms. The van der Waals surface area contributed by atoms with Gasteiger partial charge in [-0.15, -0.1) is 0 Å². The Labute approximate surface area is 130 Å². The summed E-state index contributed by atoms with van der Waals surface area (Å²) in [4.78, 5) is 14.3. The maximum absolute atomic E-state index is 12.5. The molecule has 0 saturated carbocycles. The molecule has 0 spiro atoms. The van der Waals surface area contributed by atoms with E-state index in [0.717, 1.165) is 24.1 Å². The van der Waals surface area contributed by atoms with Gasteiger partial charge in [-0.3, -0.25) is 4.79 Å². The lowest BCUT2D eigenvalue weighted by atomic mass is 9.98. The highest BCUT2D eigenvalue weighted by Gasteiger charge is 2.24. The van der Waals surface area contributed by atoms with Crippen molar-refractivity contribution in [3.63, 3.8) is 0 Å². The molecule has 0 N–H and O–H groups in total. The molecule has 0 atom stereocenters. The molecule has 2 aromatic rings. The second kappa shape index (κ2) is 6.75. The van der Waals surface area contributed by atoms with Crippen LogP contribution >= 0.6 is 0 Å². The van der Waals surface area contributed by atoms with E-state index in [-0.39, 0.29) is 11.8 Å². The summed E-state index contributed by atoms with van der Waals surface area (Å²) in [7, 11) is 1.87. The van der Waals surface area contributed by atoms with Gasteiger partial charge in [0, 0.05) is 45.1 Å². The lowest BCUT2D eigenvalue weighted by Gasteiger charge is -2.26. The van der Waals surface area contributed by atoms with E-state index in [1.54, 1.807) is 6.20 Å². The number of hydrogen-bond acceptors (Lipinski definition) is 3. The van der Waals surface area contributed by atoms with Gasteiger partial charge in [-0.2, -0.15) is 5.10 Å². The number of carbonyl (C=O) groups excluding carboxylic acids is 1. The molecule has 5 nitrogen and oxygen atoms in total. The summed E-state index contributed by atoms with van der Waals surface area (Å²) in [5.74, 6) is 0.320. The number of carbonyl (C=O) groups is 1. The molecule has 1 aliphatic heterocycles. The molecule has 0 aliphatic carbocycles. The van der Waals surface area contributed by atoms with Crippen molar-refractivity contribution in [2.75, 3.05) is 20.3 Å². The average Bonchev–Trinajstić information content (AvgIpc) is 3.10. The van der Waals surface area contributed by atoms with Crippen molar-refractivity contribution < 1.29 is 9.53 Å². The summed E-state index contributed by atoms with van der Waals surface area (Å²) in [6.07, 6.45) is 5.33. The molecule has 0 unspecified atom stereocenters. The van der Waals surface area contributed by atoms with E-state index in [4.69, 9.17) is 4.74 Å². The van der Waals surface area contributed by atoms with Crippen LogP contribution in [0, 0.1) is 5.92 Å². The molecule has 1 saturated heterocycles.